The molecule has 1 aliphatic heterocycles. The summed E-state index contributed by atoms with van der Waals surface area (Å²) in [5.74, 6) is 0.0555. The minimum atomic E-state index is 0.0555. The zero-order valence-corrected chi connectivity index (χ0v) is 12.8. The molecule has 1 saturated heterocycles. The molecule has 1 heterocycles. The lowest BCUT2D eigenvalue weighted by Gasteiger charge is -2.24. The fourth-order valence-electron chi connectivity index (χ4n) is 2.82. The molecule has 1 aromatic rings. The normalized spacial score (nSPS) is 17.0. The molecule has 0 aromatic heterocycles. The van der Waals surface area contributed by atoms with E-state index in [-0.39, 0.29) is 5.91 Å². The predicted molar refractivity (Wildman–Crippen MR) is 88.2 cm³/mol. The molecule has 2 rings (SSSR count). The Morgan fingerprint density at radius 2 is 1.76 bits per heavy atom. The first-order chi connectivity index (χ1) is 10.3. The molecular formula is C17H27N3O. The highest BCUT2D eigenvalue weighted by molar-refractivity contribution is 5.93. The van der Waals surface area contributed by atoms with Crippen LogP contribution in [0.4, 0.5) is 11.4 Å². The van der Waals surface area contributed by atoms with E-state index in [1.807, 2.05) is 18.2 Å². The lowest BCUT2D eigenvalue weighted by molar-refractivity contribution is -0.116. The van der Waals surface area contributed by atoms with Gasteiger partial charge in [-0.15, -0.1) is 0 Å². The molecular weight excluding hydrogens is 262 g/mol. The minimum Gasteiger partial charge on any atom is -0.397 e. The maximum atomic E-state index is 11.9. The molecule has 3 N–H and O–H groups in total. The van der Waals surface area contributed by atoms with Crippen molar-refractivity contribution in [2.45, 2.75) is 44.9 Å². The highest BCUT2D eigenvalue weighted by atomic mass is 16.1. The van der Waals surface area contributed by atoms with Gasteiger partial charge in [-0.1, -0.05) is 31.4 Å². The van der Waals surface area contributed by atoms with E-state index in [1.54, 1.807) is 6.07 Å². The standard InChI is InChI=1S/C17H27N3O/c18-15-9-4-5-10-16(15)19-17(21)11-8-14-20-12-6-2-1-3-7-13-20/h4-5,9-10H,1-3,6-8,11-14,18H2,(H,19,21). The van der Waals surface area contributed by atoms with Crippen LogP contribution < -0.4 is 11.1 Å². The summed E-state index contributed by atoms with van der Waals surface area (Å²) in [6.07, 6.45) is 8.16. The highest BCUT2D eigenvalue weighted by Gasteiger charge is 2.09. The van der Waals surface area contributed by atoms with Crippen LogP contribution >= 0.6 is 0 Å². The third-order valence-electron chi connectivity index (χ3n) is 4.06. The number of nitrogen functional groups attached to an aromatic ring is 1. The quantitative estimate of drug-likeness (QED) is 0.818. The average molecular weight is 289 g/mol. The van der Waals surface area contributed by atoms with Crippen LogP contribution in [0, 0.1) is 0 Å². The van der Waals surface area contributed by atoms with Gasteiger partial charge in [-0.2, -0.15) is 0 Å². The molecule has 0 radical (unpaired) electrons. The summed E-state index contributed by atoms with van der Waals surface area (Å²) in [7, 11) is 0. The van der Waals surface area contributed by atoms with E-state index in [9.17, 15) is 4.79 Å². The molecule has 0 unspecified atom stereocenters. The first kappa shape index (κ1) is 15.8. The van der Waals surface area contributed by atoms with Gasteiger partial charge in [-0.25, -0.2) is 0 Å². The van der Waals surface area contributed by atoms with Crippen LogP contribution in [0.2, 0.25) is 0 Å². The maximum Gasteiger partial charge on any atom is 0.224 e. The van der Waals surface area contributed by atoms with E-state index in [0.717, 1.165) is 13.0 Å². The van der Waals surface area contributed by atoms with Crippen molar-refractivity contribution in [1.82, 2.24) is 4.90 Å². The van der Waals surface area contributed by atoms with E-state index >= 15 is 0 Å². The third-order valence-corrected chi connectivity index (χ3v) is 4.06. The molecule has 1 amide bonds. The molecule has 0 aliphatic carbocycles. The van der Waals surface area contributed by atoms with Crippen LogP contribution in [0.15, 0.2) is 24.3 Å². The van der Waals surface area contributed by atoms with E-state index in [2.05, 4.69) is 10.2 Å². The number of carbonyl (C=O) groups excluding carboxylic acids is 1. The molecule has 4 heteroatoms. The number of para-hydroxylation sites is 2. The Hall–Kier alpha value is -1.55. The van der Waals surface area contributed by atoms with Crippen molar-refractivity contribution in [2.75, 3.05) is 30.7 Å². The second kappa shape index (κ2) is 8.67. The molecule has 0 bridgehead atoms. The predicted octanol–water partition coefficient (Wildman–Crippen LogP) is 3.25. The van der Waals surface area contributed by atoms with Crippen molar-refractivity contribution in [2.24, 2.45) is 0 Å². The number of rotatable bonds is 5. The minimum absolute atomic E-state index is 0.0555. The number of hydrogen-bond acceptors (Lipinski definition) is 3. The Morgan fingerprint density at radius 1 is 1.10 bits per heavy atom. The van der Waals surface area contributed by atoms with E-state index in [0.29, 0.717) is 17.8 Å². The molecule has 1 fully saturated rings. The third kappa shape index (κ3) is 5.76. The lowest BCUT2D eigenvalue weighted by Crippen LogP contribution is -2.29. The Labute approximate surface area is 127 Å². The Balaban J connectivity index is 1.68. The van der Waals surface area contributed by atoms with Crippen LogP contribution in [0.1, 0.15) is 44.9 Å². The number of nitrogens with one attached hydrogen (secondary N) is 1. The van der Waals surface area contributed by atoms with Crippen molar-refractivity contribution in [1.29, 1.82) is 0 Å². The van der Waals surface area contributed by atoms with Crippen LogP contribution in [0.3, 0.4) is 0 Å². The van der Waals surface area contributed by atoms with Crippen LogP contribution in [0.25, 0.3) is 0 Å². The summed E-state index contributed by atoms with van der Waals surface area (Å²) in [5.41, 5.74) is 7.16. The fraction of sp³-hybridized carbons (Fsp3) is 0.588. The molecule has 0 atom stereocenters. The summed E-state index contributed by atoms with van der Waals surface area (Å²) in [6, 6.07) is 7.39. The van der Waals surface area contributed by atoms with Gasteiger partial charge >= 0.3 is 0 Å². The Bertz CT molecular complexity index is 439. The zero-order chi connectivity index (χ0) is 14.9. The van der Waals surface area contributed by atoms with Gasteiger partial charge in [0.2, 0.25) is 5.91 Å². The van der Waals surface area contributed by atoms with Crippen molar-refractivity contribution < 1.29 is 4.79 Å². The van der Waals surface area contributed by atoms with Gasteiger partial charge in [0.05, 0.1) is 11.4 Å². The lowest BCUT2D eigenvalue weighted by atomic mass is 10.1. The van der Waals surface area contributed by atoms with Gasteiger partial charge in [0.15, 0.2) is 0 Å². The molecule has 116 valence electrons. The van der Waals surface area contributed by atoms with Crippen LogP contribution in [-0.2, 0) is 4.79 Å². The SMILES string of the molecule is Nc1ccccc1NC(=O)CCCN1CCCCCCC1. The first-order valence-corrected chi connectivity index (χ1v) is 8.12. The maximum absolute atomic E-state index is 11.9. The topological polar surface area (TPSA) is 58.4 Å². The second-order valence-corrected chi connectivity index (χ2v) is 5.85. The number of amides is 1. The smallest absolute Gasteiger partial charge is 0.224 e. The number of hydrogen-bond donors (Lipinski definition) is 2. The van der Waals surface area contributed by atoms with Gasteiger partial charge < -0.3 is 16.0 Å². The summed E-state index contributed by atoms with van der Waals surface area (Å²) in [5, 5.41) is 2.89. The monoisotopic (exact) mass is 289 g/mol. The highest BCUT2D eigenvalue weighted by Crippen LogP contribution is 2.17. The average Bonchev–Trinajstić information content (AvgIpc) is 2.43. The Morgan fingerprint density at radius 3 is 2.48 bits per heavy atom. The van der Waals surface area contributed by atoms with Crippen LogP contribution in [0.5, 0.6) is 0 Å². The van der Waals surface area contributed by atoms with Crippen molar-refractivity contribution in [3.63, 3.8) is 0 Å². The summed E-state index contributed by atoms with van der Waals surface area (Å²) in [4.78, 5) is 14.4. The van der Waals surface area contributed by atoms with Gasteiger partial charge in [-0.3, -0.25) is 4.79 Å². The second-order valence-electron chi connectivity index (χ2n) is 5.85. The number of anilines is 2. The number of nitrogens with two attached hydrogens (primary N) is 1. The molecule has 0 spiro atoms. The van der Waals surface area contributed by atoms with Gasteiger partial charge in [0.25, 0.3) is 0 Å². The number of nitrogens with zero attached hydrogens (tertiary/aromatic N) is 1. The van der Waals surface area contributed by atoms with Crippen LogP contribution in [-0.4, -0.2) is 30.4 Å². The van der Waals surface area contributed by atoms with Crippen molar-refractivity contribution in [3.05, 3.63) is 24.3 Å². The fourth-order valence-corrected chi connectivity index (χ4v) is 2.82. The summed E-state index contributed by atoms with van der Waals surface area (Å²) < 4.78 is 0. The molecule has 21 heavy (non-hydrogen) atoms. The molecule has 1 aliphatic rings. The van der Waals surface area contributed by atoms with Crippen molar-refractivity contribution in [3.8, 4) is 0 Å². The van der Waals surface area contributed by atoms with Gasteiger partial charge in [0.1, 0.15) is 0 Å². The number of benzene rings is 1. The van der Waals surface area contributed by atoms with E-state index < -0.39 is 0 Å². The number of likely N-dealkylation sites (tertiary alicyclic amines) is 1. The van der Waals surface area contributed by atoms with Crippen molar-refractivity contribution >= 4 is 17.3 Å². The molecule has 1 aromatic carbocycles. The van der Waals surface area contributed by atoms with E-state index in [1.165, 1.54) is 45.2 Å². The number of carbonyl (C=O) groups is 1. The molecule has 4 nitrogen and oxygen atoms in total. The van der Waals surface area contributed by atoms with Gasteiger partial charge in [0, 0.05) is 6.42 Å². The van der Waals surface area contributed by atoms with E-state index in [4.69, 9.17) is 5.73 Å². The van der Waals surface area contributed by atoms with Gasteiger partial charge in [-0.05, 0) is 51.0 Å². The first-order valence-electron chi connectivity index (χ1n) is 8.12. The molecule has 0 saturated carbocycles. The Kier molecular flexibility index (Phi) is 6.54. The summed E-state index contributed by atoms with van der Waals surface area (Å²) >= 11 is 0. The zero-order valence-electron chi connectivity index (χ0n) is 12.8. The largest absolute Gasteiger partial charge is 0.397 e. The summed E-state index contributed by atoms with van der Waals surface area (Å²) in [6.45, 7) is 3.40.